The number of likely N-dealkylation sites (N-methyl/N-ethyl adjacent to an activating group) is 1. The van der Waals surface area contributed by atoms with E-state index in [1.807, 2.05) is 19.2 Å². The highest BCUT2D eigenvalue weighted by Crippen LogP contribution is 2.39. The third kappa shape index (κ3) is 2.49. The average molecular weight is 244 g/mol. The van der Waals surface area contributed by atoms with Crippen molar-refractivity contribution >= 4 is 0 Å². The van der Waals surface area contributed by atoms with Crippen molar-refractivity contribution in [2.24, 2.45) is 5.92 Å². The van der Waals surface area contributed by atoms with E-state index in [0.717, 1.165) is 18.6 Å². The van der Waals surface area contributed by atoms with Crippen molar-refractivity contribution in [1.29, 1.82) is 5.26 Å². The summed E-state index contributed by atoms with van der Waals surface area (Å²) in [6.07, 6.45) is 2.23. The molecule has 18 heavy (non-hydrogen) atoms. The van der Waals surface area contributed by atoms with Crippen molar-refractivity contribution in [2.45, 2.75) is 32.2 Å². The van der Waals surface area contributed by atoms with Crippen LogP contribution in [-0.4, -0.2) is 19.2 Å². The molecule has 0 saturated heterocycles. The zero-order chi connectivity index (χ0) is 13.2. The lowest BCUT2D eigenvalue weighted by Gasteiger charge is -2.26. The monoisotopic (exact) mass is 244 g/mol. The van der Waals surface area contributed by atoms with Crippen LogP contribution in [0.15, 0.2) is 18.2 Å². The van der Waals surface area contributed by atoms with Gasteiger partial charge in [0.15, 0.2) is 0 Å². The second-order valence-corrected chi connectivity index (χ2v) is 5.14. The van der Waals surface area contributed by atoms with E-state index < -0.39 is 5.54 Å². The molecule has 0 aromatic heterocycles. The van der Waals surface area contributed by atoms with E-state index in [9.17, 15) is 5.26 Å². The van der Waals surface area contributed by atoms with Crippen molar-refractivity contribution in [3.63, 3.8) is 0 Å². The largest absolute Gasteiger partial charge is 0.491 e. The van der Waals surface area contributed by atoms with Crippen LogP contribution in [0.5, 0.6) is 5.75 Å². The van der Waals surface area contributed by atoms with E-state index in [4.69, 9.17) is 4.74 Å². The first-order chi connectivity index (χ1) is 8.61. The molecule has 2 rings (SSSR count). The van der Waals surface area contributed by atoms with Crippen molar-refractivity contribution in [3.8, 4) is 11.8 Å². The van der Waals surface area contributed by atoms with Crippen LogP contribution in [0.4, 0.5) is 0 Å². The molecule has 1 aromatic carbocycles. The van der Waals surface area contributed by atoms with Gasteiger partial charge in [0, 0.05) is 0 Å². The van der Waals surface area contributed by atoms with E-state index in [1.54, 1.807) is 0 Å². The highest BCUT2D eigenvalue weighted by atomic mass is 16.5. The van der Waals surface area contributed by atoms with Gasteiger partial charge in [0.05, 0.1) is 6.07 Å². The molecule has 1 saturated carbocycles. The van der Waals surface area contributed by atoms with Crippen LogP contribution in [0.2, 0.25) is 0 Å². The first-order valence-corrected chi connectivity index (χ1v) is 6.41. The standard InChI is InChI=1S/C15H20N2O/c1-11-4-7-14(8-12(11)2)18-10-15(9-16,17-3)13-5-6-13/h4,7-8,13,17H,5-6,10H2,1-3H3. The number of aryl methyl sites for hydroxylation is 2. The molecule has 1 fully saturated rings. The van der Waals surface area contributed by atoms with Gasteiger partial charge in [-0.3, -0.25) is 5.32 Å². The van der Waals surface area contributed by atoms with Crippen molar-refractivity contribution in [2.75, 3.05) is 13.7 Å². The van der Waals surface area contributed by atoms with Gasteiger partial charge >= 0.3 is 0 Å². The minimum absolute atomic E-state index is 0.410. The van der Waals surface area contributed by atoms with Gasteiger partial charge in [-0.05, 0) is 62.9 Å². The van der Waals surface area contributed by atoms with Gasteiger partial charge in [-0.1, -0.05) is 6.07 Å². The number of ether oxygens (including phenoxy) is 1. The summed E-state index contributed by atoms with van der Waals surface area (Å²) >= 11 is 0. The molecule has 1 aliphatic rings. The molecule has 0 aliphatic heterocycles. The molecule has 0 heterocycles. The van der Waals surface area contributed by atoms with Crippen LogP contribution >= 0.6 is 0 Å². The first-order valence-electron chi connectivity index (χ1n) is 6.41. The zero-order valence-corrected chi connectivity index (χ0v) is 11.3. The predicted octanol–water partition coefficient (Wildman–Crippen LogP) is 2.57. The van der Waals surface area contributed by atoms with E-state index in [1.165, 1.54) is 11.1 Å². The van der Waals surface area contributed by atoms with E-state index >= 15 is 0 Å². The molecule has 1 aromatic rings. The van der Waals surface area contributed by atoms with Gasteiger partial charge < -0.3 is 4.74 Å². The molecular formula is C15H20N2O. The van der Waals surface area contributed by atoms with Crippen LogP contribution in [0.25, 0.3) is 0 Å². The lowest BCUT2D eigenvalue weighted by Crippen LogP contribution is -2.49. The predicted molar refractivity (Wildman–Crippen MR) is 71.5 cm³/mol. The summed E-state index contributed by atoms with van der Waals surface area (Å²) in [5.41, 5.74) is 1.94. The second kappa shape index (κ2) is 4.99. The van der Waals surface area contributed by atoms with E-state index in [2.05, 4.69) is 31.3 Å². The second-order valence-electron chi connectivity index (χ2n) is 5.14. The third-order valence-corrected chi connectivity index (χ3v) is 3.86. The van der Waals surface area contributed by atoms with Crippen molar-refractivity contribution < 1.29 is 4.74 Å². The van der Waals surface area contributed by atoms with Crippen LogP contribution in [0.3, 0.4) is 0 Å². The summed E-state index contributed by atoms with van der Waals surface area (Å²) in [6.45, 7) is 4.56. The van der Waals surface area contributed by atoms with Crippen molar-refractivity contribution in [3.05, 3.63) is 29.3 Å². The molecule has 1 unspecified atom stereocenters. The molecule has 3 heteroatoms. The summed E-state index contributed by atoms with van der Waals surface area (Å²) < 4.78 is 5.81. The van der Waals surface area contributed by atoms with Gasteiger partial charge in [-0.25, -0.2) is 0 Å². The molecule has 0 amide bonds. The Kier molecular flexibility index (Phi) is 3.58. The number of nitrogens with one attached hydrogen (secondary N) is 1. The van der Waals surface area contributed by atoms with Crippen LogP contribution < -0.4 is 10.1 Å². The maximum atomic E-state index is 9.37. The van der Waals surface area contributed by atoms with Gasteiger partial charge in [0.25, 0.3) is 0 Å². The number of benzene rings is 1. The molecule has 1 atom stereocenters. The normalized spacial score (nSPS) is 17.9. The quantitative estimate of drug-likeness (QED) is 0.865. The Labute approximate surface area is 109 Å². The van der Waals surface area contributed by atoms with Gasteiger partial charge in [-0.15, -0.1) is 0 Å². The fraction of sp³-hybridized carbons (Fsp3) is 0.533. The number of rotatable bonds is 5. The molecule has 1 N–H and O–H groups in total. The van der Waals surface area contributed by atoms with Crippen LogP contribution in [0, 0.1) is 31.1 Å². The number of nitriles is 1. The highest BCUT2D eigenvalue weighted by Gasteiger charge is 2.45. The molecule has 3 nitrogen and oxygen atoms in total. The highest BCUT2D eigenvalue weighted by molar-refractivity contribution is 5.34. The minimum Gasteiger partial charge on any atom is -0.491 e. The molecule has 0 radical (unpaired) electrons. The first kappa shape index (κ1) is 12.9. The lowest BCUT2D eigenvalue weighted by molar-refractivity contribution is 0.210. The Hall–Kier alpha value is -1.53. The smallest absolute Gasteiger partial charge is 0.143 e. The average Bonchev–Trinajstić information content (AvgIpc) is 3.20. The minimum atomic E-state index is -0.529. The summed E-state index contributed by atoms with van der Waals surface area (Å²) in [6, 6.07) is 8.43. The Bertz CT molecular complexity index is 474. The Morgan fingerprint density at radius 3 is 2.61 bits per heavy atom. The third-order valence-electron chi connectivity index (χ3n) is 3.86. The fourth-order valence-corrected chi connectivity index (χ4v) is 2.15. The molecule has 0 bridgehead atoms. The SMILES string of the molecule is CNC(C#N)(COc1ccc(C)c(C)c1)C1CC1. The number of nitrogens with zero attached hydrogens (tertiary/aromatic N) is 1. The number of hydrogen-bond acceptors (Lipinski definition) is 3. The summed E-state index contributed by atoms with van der Waals surface area (Å²) in [4.78, 5) is 0. The molecule has 1 aliphatic carbocycles. The van der Waals surface area contributed by atoms with E-state index in [0.29, 0.717) is 12.5 Å². The van der Waals surface area contributed by atoms with Gasteiger partial charge in [0.2, 0.25) is 0 Å². The van der Waals surface area contributed by atoms with E-state index in [-0.39, 0.29) is 0 Å². The fourth-order valence-electron chi connectivity index (χ4n) is 2.15. The molecule has 0 spiro atoms. The Balaban J connectivity index is 2.05. The maximum Gasteiger partial charge on any atom is 0.143 e. The Morgan fingerprint density at radius 1 is 1.39 bits per heavy atom. The number of hydrogen-bond donors (Lipinski definition) is 1. The molecule has 96 valence electrons. The maximum absolute atomic E-state index is 9.37. The molecular weight excluding hydrogens is 224 g/mol. The Morgan fingerprint density at radius 2 is 2.11 bits per heavy atom. The topological polar surface area (TPSA) is 45.0 Å². The summed E-state index contributed by atoms with van der Waals surface area (Å²) in [7, 11) is 1.84. The summed E-state index contributed by atoms with van der Waals surface area (Å²) in [5.74, 6) is 1.27. The zero-order valence-electron chi connectivity index (χ0n) is 11.3. The van der Waals surface area contributed by atoms with Gasteiger partial charge in [-0.2, -0.15) is 5.26 Å². The lowest BCUT2D eigenvalue weighted by atomic mass is 9.96. The van der Waals surface area contributed by atoms with Gasteiger partial charge in [0.1, 0.15) is 17.9 Å². The van der Waals surface area contributed by atoms with Crippen LogP contribution in [0.1, 0.15) is 24.0 Å². The van der Waals surface area contributed by atoms with Crippen molar-refractivity contribution in [1.82, 2.24) is 5.32 Å². The summed E-state index contributed by atoms with van der Waals surface area (Å²) in [5, 5.41) is 12.5. The van der Waals surface area contributed by atoms with Crippen LogP contribution in [-0.2, 0) is 0 Å².